The van der Waals surface area contributed by atoms with E-state index < -0.39 is 0 Å². The zero-order valence-corrected chi connectivity index (χ0v) is 12.3. The van der Waals surface area contributed by atoms with Crippen molar-refractivity contribution < 1.29 is 9.47 Å². The molecule has 5 heteroatoms. The van der Waals surface area contributed by atoms with Gasteiger partial charge in [-0.25, -0.2) is 4.98 Å². The minimum atomic E-state index is 0.472. The third-order valence-electron chi connectivity index (χ3n) is 2.75. The second kappa shape index (κ2) is 7.01. The van der Waals surface area contributed by atoms with E-state index in [1.807, 2.05) is 31.2 Å². The molecule has 1 heterocycles. The van der Waals surface area contributed by atoms with E-state index in [0.29, 0.717) is 18.3 Å². The van der Waals surface area contributed by atoms with Crippen molar-refractivity contribution in [2.24, 2.45) is 0 Å². The number of methoxy groups -OCH3 is 1. The molecular weight excluding hydrogens is 276 g/mol. The van der Waals surface area contributed by atoms with Crippen LogP contribution in [0.15, 0.2) is 36.5 Å². The fraction of sp³-hybridized carbons (Fsp3) is 0.267. The average molecular weight is 293 g/mol. The van der Waals surface area contributed by atoms with Gasteiger partial charge in [0.25, 0.3) is 0 Å². The van der Waals surface area contributed by atoms with Crippen molar-refractivity contribution >= 4 is 17.3 Å². The van der Waals surface area contributed by atoms with Crippen LogP contribution in [0.4, 0.5) is 5.69 Å². The van der Waals surface area contributed by atoms with E-state index in [9.17, 15) is 0 Å². The van der Waals surface area contributed by atoms with Crippen molar-refractivity contribution in [3.05, 3.63) is 47.2 Å². The van der Waals surface area contributed by atoms with Gasteiger partial charge in [-0.3, -0.25) is 0 Å². The molecule has 0 aliphatic carbocycles. The summed E-state index contributed by atoms with van der Waals surface area (Å²) in [5, 5.41) is 3.76. The highest BCUT2D eigenvalue weighted by atomic mass is 35.5. The largest absolute Gasteiger partial charge is 0.493 e. The first-order valence-electron chi connectivity index (χ1n) is 6.38. The fourth-order valence-electron chi connectivity index (χ4n) is 1.81. The topological polar surface area (TPSA) is 43.4 Å². The van der Waals surface area contributed by atoms with Gasteiger partial charge >= 0.3 is 0 Å². The predicted octanol–water partition coefficient (Wildman–Crippen LogP) is 3.75. The van der Waals surface area contributed by atoms with Gasteiger partial charge in [0.15, 0.2) is 11.5 Å². The molecule has 1 aromatic heterocycles. The summed E-state index contributed by atoms with van der Waals surface area (Å²) in [6.45, 7) is 3.23. The molecule has 1 N–H and O–H groups in total. The van der Waals surface area contributed by atoms with Crippen LogP contribution in [-0.2, 0) is 6.54 Å². The number of rotatable bonds is 6. The van der Waals surface area contributed by atoms with Gasteiger partial charge in [-0.05, 0) is 36.8 Å². The standard InChI is InChI=1S/C15H17ClN2O2/c1-3-20-13-5-4-11(8-14(13)19-2)10-18-12-6-7-17-15(16)9-12/h4-9H,3,10H2,1-2H3,(H,17,18). The quantitative estimate of drug-likeness (QED) is 0.824. The molecule has 20 heavy (non-hydrogen) atoms. The Hall–Kier alpha value is -1.94. The maximum Gasteiger partial charge on any atom is 0.161 e. The van der Waals surface area contributed by atoms with E-state index in [1.165, 1.54) is 0 Å². The van der Waals surface area contributed by atoms with E-state index in [-0.39, 0.29) is 0 Å². The number of nitrogens with zero attached hydrogens (tertiary/aromatic N) is 1. The van der Waals surface area contributed by atoms with E-state index in [0.717, 1.165) is 22.7 Å². The van der Waals surface area contributed by atoms with Gasteiger partial charge in [-0.2, -0.15) is 0 Å². The lowest BCUT2D eigenvalue weighted by Crippen LogP contribution is -2.01. The van der Waals surface area contributed by atoms with Crippen LogP contribution >= 0.6 is 11.6 Å². The molecule has 0 bridgehead atoms. The van der Waals surface area contributed by atoms with Gasteiger partial charge in [0, 0.05) is 18.4 Å². The summed E-state index contributed by atoms with van der Waals surface area (Å²) in [6, 6.07) is 9.54. The van der Waals surface area contributed by atoms with Crippen molar-refractivity contribution in [2.45, 2.75) is 13.5 Å². The molecule has 2 rings (SSSR count). The van der Waals surface area contributed by atoms with E-state index in [2.05, 4.69) is 10.3 Å². The van der Waals surface area contributed by atoms with Crippen LogP contribution in [0.25, 0.3) is 0 Å². The molecule has 0 unspecified atom stereocenters. The van der Waals surface area contributed by atoms with E-state index >= 15 is 0 Å². The zero-order chi connectivity index (χ0) is 14.4. The van der Waals surface area contributed by atoms with E-state index in [1.54, 1.807) is 19.4 Å². The highest BCUT2D eigenvalue weighted by Gasteiger charge is 2.05. The van der Waals surface area contributed by atoms with Crippen LogP contribution in [0.5, 0.6) is 11.5 Å². The molecule has 0 atom stereocenters. The third-order valence-corrected chi connectivity index (χ3v) is 2.96. The lowest BCUT2D eigenvalue weighted by molar-refractivity contribution is 0.310. The molecule has 0 radical (unpaired) electrons. The summed E-state index contributed by atoms with van der Waals surface area (Å²) in [7, 11) is 1.64. The van der Waals surface area contributed by atoms with Crippen LogP contribution in [0, 0.1) is 0 Å². The number of nitrogens with one attached hydrogen (secondary N) is 1. The Morgan fingerprint density at radius 3 is 2.75 bits per heavy atom. The molecular formula is C15H17ClN2O2. The summed E-state index contributed by atoms with van der Waals surface area (Å²) in [5.41, 5.74) is 2.02. The molecule has 0 fully saturated rings. The number of anilines is 1. The third kappa shape index (κ3) is 3.78. The summed E-state index contributed by atoms with van der Waals surface area (Å²) in [5.74, 6) is 1.49. The number of ether oxygens (including phenoxy) is 2. The number of hydrogen-bond donors (Lipinski definition) is 1. The number of halogens is 1. The maximum absolute atomic E-state index is 5.84. The predicted molar refractivity (Wildman–Crippen MR) is 80.7 cm³/mol. The average Bonchev–Trinajstić information content (AvgIpc) is 2.46. The SMILES string of the molecule is CCOc1ccc(CNc2ccnc(Cl)c2)cc1OC. The molecule has 0 aliphatic rings. The smallest absolute Gasteiger partial charge is 0.161 e. The van der Waals surface area contributed by atoms with Crippen LogP contribution in [-0.4, -0.2) is 18.7 Å². The number of benzene rings is 1. The molecule has 0 saturated heterocycles. The van der Waals surface area contributed by atoms with Crippen molar-refractivity contribution in [3.63, 3.8) is 0 Å². The van der Waals surface area contributed by atoms with Gasteiger partial charge in [0.05, 0.1) is 13.7 Å². The minimum absolute atomic E-state index is 0.472. The lowest BCUT2D eigenvalue weighted by atomic mass is 10.2. The first-order chi connectivity index (χ1) is 9.72. The molecule has 0 amide bonds. The first-order valence-corrected chi connectivity index (χ1v) is 6.76. The second-order valence-electron chi connectivity index (χ2n) is 4.14. The molecule has 1 aromatic carbocycles. The molecule has 2 aromatic rings. The number of pyridine rings is 1. The van der Waals surface area contributed by atoms with Crippen LogP contribution in [0.3, 0.4) is 0 Å². The van der Waals surface area contributed by atoms with Gasteiger partial charge in [-0.15, -0.1) is 0 Å². The Morgan fingerprint density at radius 2 is 2.05 bits per heavy atom. The molecule has 4 nitrogen and oxygen atoms in total. The second-order valence-corrected chi connectivity index (χ2v) is 4.53. The van der Waals surface area contributed by atoms with Gasteiger partial charge < -0.3 is 14.8 Å². The van der Waals surface area contributed by atoms with Crippen molar-refractivity contribution in [2.75, 3.05) is 19.0 Å². The molecule has 106 valence electrons. The van der Waals surface area contributed by atoms with Crippen LogP contribution in [0.2, 0.25) is 5.15 Å². The van der Waals surface area contributed by atoms with Crippen molar-refractivity contribution in [1.82, 2.24) is 4.98 Å². The van der Waals surface area contributed by atoms with Crippen LogP contribution < -0.4 is 14.8 Å². The summed E-state index contributed by atoms with van der Waals surface area (Å²) in [6.07, 6.45) is 1.67. The highest BCUT2D eigenvalue weighted by molar-refractivity contribution is 6.29. The van der Waals surface area contributed by atoms with E-state index in [4.69, 9.17) is 21.1 Å². The van der Waals surface area contributed by atoms with Crippen molar-refractivity contribution in [1.29, 1.82) is 0 Å². The Kier molecular flexibility index (Phi) is 5.07. The first kappa shape index (κ1) is 14.5. The lowest BCUT2D eigenvalue weighted by Gasteiger charge is -2.12. The van der Waals surface area contributed by atoms with Crippen LogP contribution in [0.1, 0.15) is 12.5 Å². The number of hydrogen-bond acceptors (Lipinski definition) is 4. The molecule has 0 spiro atoms. The summed E-state index contributed by atoms with van der Waals surface area (Å²) in [4.78, 5) is 3.94. The zero-order valence-electron chi connectivity index (χ0n) is 11.5. The van der Waals surface area contributed by atoms with Crippen molar-refractivity contribution in [3.8, 4) is 11.5 Å². The van der Waals surface area contributed by atoms with Gasteiger partial charge in [0.1, 0.15) is 5.15 Å². The normalized spacial score (nSPS) is 10.2. The Labute approximate surface area is 123 Å². The summed E-state index contributed by atoms with van der Waals surface area (Å²) < 4.78 is 10.8. The van der Waals surface area contributed by atoms with Gasteiger partial charge in [-0.1, -0.05) is 17.7 Å². The Bertz CT molecular complexity index is 576. The Morgan fingerprint density at radius 1 is 1.20 bits per heavy atom. The maximum atomic E-state index is 5.84. The monoisotopic (exact) mass is 292 g/mol. The summed E-state index contributed by atoms with van der Waals surface area (Å²) >= 11 is 5.84. The fourth-order valence-corrected chi connectivity index (χ4v) is 1.99. The minimum Gasteiger partial charge on any atom is -0.493 e. The molecule has 0 aliphatic heterocycles. The van der Waals surface area contributed by atoms with Gasteiger partial charge in [0.2, 0.25) is 0 Å². The Balaban J connectivity index is 2.06. The number of aromatic nitrogens is 1. The highest BCUT2D eigenvalue weighted by Crippen LogP contribution is 2.28. The molecule has 0 saturated carbocycles.